The Morgan fingerprint density at radius 1 is 1.35 bits per heavy atom. The van der Waals surface area contributed by atoms with Crippen molar-refractivity contribution in [3.63, 3.8) is 0 Å². The predicted octanol–water partition coefficient (Wildman–Crippen LogP) is 1.01. The van der Waals surface area contributed by atoms with Gasteiger partial charge in [-0.2, -0.15) is 4.39 Å². The Kier molecular flexibility index (Phi) is 5.99. The first-order valence-electron chi connectivity index (χ1n) is 6.03. The molecular weight excluding hydrogens is 289 g/mol. The zero-order valence-electron chi connectivity index (χ0n) is 10.9. The summed E-state index contributed by atoms with van der Waals surface area (Å²) >= 11 is 0. The summed E-state index contributed by atoms with van der Waals surface area (Å²) < 4.78 is 39.3. The standard InChI is InChI=1S/C11H16FN3O4S/c1-2-13-6-3-7-14-20(18,19)9-4-5-11(15(16)17)10(12)8-9/h4-5,8,13-14H,2-3,6-7H2,1H3. The molecule has 7 nitrogen and oxygen atoms in total. The summed E-state index contributed by atoms with van der Waals surface area (Å²) in [6, 6.07) is 2.49. The summed E-state index contributed by atoms with van der Waals surface area (Å²) in [6.07, 6.45) is 0.586. The third-order valence-corrected chi connectivity index (χ3v) is 3.96. The number of nitro groups is 1. The van der Waals surface area contributed by atoms with Crippen LogP contribution in [0.2, 0.25) is 0 Å². The zero-order valence-corrected chi connectivity index (χ0v) is 11.7. The van der Waals surface area contributed by atoms with Crippen LogP contribution >= 0.6 is 0 Å². The molecule has 0 saturated carbocycles. The average molecular weight is 305 g/mol. The van der Waals surface area contributed by atoms with Crippen LogP contribution in [-0.4, -0.2) is 33.0 Å². The lowest BCUT2D eigenvalue weighted by molar-refractivity contribution is -0.387. The Balaban J connectivity index is 2.73. The van der Waals surface area contributed by atoms with Crippen LogP contribution in [0.1, 0.15) is 13.3 Å². The number of hydrogen-bond acceptors (Lipinski definition) is 5. The van der Waals surface area contributed by atoms with E-state index >= 15 is 0 Å². The number of benzene rings is 1. The quantitative estimate of drug-likeness (QED) is 0.424. The monoisotopic (exact) mass is 305 g/mol. The molecule has 0 unspecified atom stereocenters. The smallest absolute Gasteiger partial charge is 0.304 e. The van der Waals surface area contributed by atoms with E-state index in [9.17, 15) is 22.9 Å². The SMILES string of the molecule is CCNCCCNS(=O)(=O)c1ccc([N+](=O)[O-])c(F)c1. The molecule has 0 amide bonds. The Bertz CT molecular complexity index is 577. The third kappa shape index (κ3) is 4.51. The Morgan fingerprint density at radius 2 is 2.05 bits per heavy atom. The summed E-state index contributed by atoms with van der Waals surface area (Å²) in [4.78, 5) is 9.21. The van der Waals surface area contributed by atoms with Gasteiger partial charge < -0.3 is 5.32 Å². The fourth-order valence-electron chi connectivity index (χ4n) is 1.48. The van der Waals surface area contributed by atoms with Crippen molar-refractivity contribution in [2.75, 3.05) is 19.6 Å². The summed E-state index contributed by atoms with van der Waals surface area (Å²) in [6.45, 7) is 3.59. The number of hydrogen-bond donors (Lipinski definition) is 2. The van der Waals surface area contributed by atoms with Crippen LogP contribution in [-0.2, 0) is 10.0 Å². The van der Waals surface area contributed by atoms with Crippen LogP contribution < -0.4 is 10.0 Å². The molecule has 0 aliphatic rings. The molecule has 0 bridgehead atoms. The second kappa shape index (κ2) is 7.27. The first kappa shape index (κ1) is 16.5. The van der Waals surface area contributed by atoms with Gasteiger partial charge >= 0.3 is 5.69 Å². The van der Waals surface area contributed by atoms with Crippen LogP contribution in [0.4, 0.5) is 10.1 Å². The minimum absolute atomic E-state index is 0.202. The lowest BCUT2D eigenvalue weighted by atomic mass is 10.3. The number of rotatable bonds is 8. The van der Waals surface area contributed by atoms with Crippen molar-refractivity contribution >= 4 is 15.7 Å². The molecule has 1 rings (SSSR count). The van der Waals surface area contributed by atoms with Crippen molar-refractivity contribution in [2.24, 2.45) is 0 Å². The van der Waals surface area contributed by atoms with E-state index in [4.69, 9.17) is 0 Å². The molecule has 0 spiro atoms. The molecule has 0 aliphatic heterocycles. The molecule has 0 radical (unpaired) electrons. The molecular formula is C11H16FN3O4S. The molecule has 0 atom stereocenters. The number of nitrogens with one attached hydrogen (secondary N) is 2. The minimum atomic E-state index is -3.85. The van der Waals surface area contributed by atoms with Crippen LogP contribution in [0.3, 0.4) is 0 Å². The molecule has 0 fully saturated rings. The molecule has 0 heterocycles. The normalized spacial score (nSPS) is 11.5. The third-order valence-electron chi connectivity index (χ3n) is 2.50. The zero-order chi connectivity index (χ0) is 15.2. The summed E-state index contributed by atoms with van der Waals surface area (Å²) in [5, 5.41) is 13.5. The molecule has 112 valence electrons. The summed E-state index contributed by atoms with van der Waals surface area (Å²) in [7, 11) is -3.85. The fraction of sp³-hybridized carbons (Fsp3) is 0.455. The van der Waals surface area contributed by atoms with E-state index in [-0.39, 0.29) is 11.4 Å². The molecule has 1 aromatic rings. The highest BCUT2D eigenvalue weighted by atomic mass is 32.2. The van der Waals surface area contributed by atoms with Gasteiger partial charge in [0.2, 0.25) is 15.8 Å². The van der Waals surface area contributed by atoms with Gasteiger partial charge in [-0.1, -0.05) is 6.92 Å². The second-order valence-electron chi connectivity index (χ2n) is 3.98. The highest BCUT2D eigenvalue weighted by Crippen LogP contribution is 2.20. The molecule has 9 heteroatoms. The Morgan fingerprint density at radius 3 is 2.60 bits per heavy atom. The van der Waals surface area contributed by atoms with Crippen molar-refractivity contribution in [3.05, 3.63) is 34.1 Å². The topological polar surface area (TPSA) is 101 Å². The molecule has 0 saturated heterocycles. The van der Waals surface area contributed by atoms with Gasteiger partial charge in [-0.25, -0.2) is 13.1 Å². The van der Waals surface area contributed by atoms with Crippen LogP contribution in [0.5, 0.6) is 0 Å². The first-order chi connectivity index (χ1) is 9.38. The number of nitrogens with zero attached hydrogens (tertiary/aromatic N) is 1. The van der Waals surface area contributed by atoms with Gasteiger partial charge in [-0.3, -0.25) is 10.1 Å². The van der Waals surface area contributed by atoms with Gasteiger partial charge in [-0.05, 0) is 25.6 Å². The lowest BCUT2D eigenvalue weighted by Crippen LogP contribution is -2.27. The largest absolute Gasteiger partial charge is 0.317 e. The molecule has 2 N–H and O–H groups in total. The van der Waals surface area contributed by atoms with Gasteiger partial charge in [0.25, 0.3) is 0 Å². The van der Waals surface area contributed by atoms with Crippen LogP contribution in [0.25, 0.3) is 0 Å². The summed E-state index contributed by atoms with van der Waals surface area (Å²) in [5.41, 5.74) is -0.754. The highest BCUT2D eigenvalue weighted by Gasteiger charge is 2.20. The van der Waals surface area contributed by atoms with Crippen LogP contribution in [0.15, 0.2) is 23.1 Å². The van der Waals surface area contributed by atoms with Gasteiger partial charge in [0.15, 0.2) is 0 Å². The maximum absolute atomic E-state index is 13.4. The van der Waals surface area contributed by atoms with E-state index in [2.05, 4.69) is 10.0 Å². The van der Waals surface area contributed by atoms with Gasteiger partial charge in [0.05, 0.1) is 9.82 Å². The molecule has 1 aromatic carbocycles. The lowest BCUT2D eigenvalue weighted by Gasteiger charge is -2.07. The van der Waals surface area contributed by atoms with E-state index in [1.807, 2.05) is 6.92 Å². The first-order valence-corrected chi connectivity index (χ1v) is 7.51. The van der Waals surface area contributed by atoms with E-state index < -0.39 is 26.5 Å². The molecule has 0 aromatic heterocycles. The van der Waals surface area contributed by atoms with Crippen molar-refractivity contribution in [1.29, 1.82) is 0 Å². The molecule has 20 heavy (non-hydrogen) atoms. The van der Waals surface area contributed by atoms with Crippen molar-refractivity contribution in [3.8, 4) is 0 Å². The number of nitro benzene ring substituents is 1. The predicted molar refractivity (Wildman–Crippen MR) is 71.4 cm³/mol. The van der Waals surface area contributed by atoms with Crippen LogP contribution in [0, 0.1) is 15.9 Å². The Labute approximate surface area is 116 Å². The van der Waals surface area contributed by atoms with Gasteiger partial charge in [-0.15, -0.1) is 0 Å². The van der Waals surface area contributed by atoms with E-state index in [1.54, 1.807) is 0 Å². The van der Waals surface area contributed by atoms with Gasteiger partial charge in [0.1, 0.15) is 0 Å². The number of halogens is 1. The van der Waals surface area contributed by atoms with Crippen molar-refractivity contribution in [1.82, 2.24) is 10.0 Å². The average Bonchev–Trinajstić information content (AvgIpc) is 2.37. The van der Waals surface area contributed by atoms with Crippen molar-refractivity contribution < 1.29 is 17.7 Å². The fourth-order valence-corrected chi connectivity index (χ4v) is 2.57. The number of sulfonamides is 1. The molecule has 0 aliphatic carbocycles. The summed E-state index contributed by atoms with van der Waals surface area (Å²) in [5.74, 6) is -1.18. The highest BCUT2D eigenvalue weighted by molar-refractivity contribution is 7.89. The van der Waals surface area contributed by atoms with Gasteiger partial charge in [0, 0.05) is 18.7 Å². The minimum Gasteiger partial charge on any atom is -0.317 e. The van der Waals surface area contributed by atoms with E-state index in [0.717, 1.165) is 18.7 Å². The van der Waals surface area contributed by atoms with Crippen molar-refractivity contribution in [2.45, 2.75) is 18.2 Å². The Hall–Kier alpha value is -1.58. The van der Waals surface area contributed by atoms with E-state index in [0.29, 0.717) is 19.0 Å². The second-order valence-corrected chi connectivity index (χ2v) is 5.74. The van der Waals surface area contributed by atoms with E-state index in [1.165, 1.54) is 0 Å². The maximum Gasteiger partial charge on any atom is 0.304 e. The maximum atomic E-state index is 13.4.